The van der Waals surface area contributed by atoms with E-state index < -0.39 is 5.97 Å². The maximum absolute atomic E-state index is 12.2. The molecule has 0 aromatic heterocycles. The molecule has 3 nitrogen and oxygen atoms in total. The Morgan fingerprint density at radius 2 is 1.93 bits per heavy atom. The molecule has 6 aliphatic carbocycles. The number of carbonyl (C=O) groups is 2. The SMILES string of the molecule is C[C@]12CCC(=O)C=C1C1CC1C1C2CC[C@@]2(C)C1C1CC1[C@@]2(C)CCC(=O)O. The first-order chi connectivity index (χ1) is 13.2. The molecule has 28 heavy (non-hydrogen) atoms. The van der Waals surface area contributed by atoms with E-state index in [0.29, 0.717) is 23.5 Å². The maximum atomic E-state index is 12.2. The number of hydrogen-bond acceptors (Lipinski definition) is 2. The molecular weight excluding hydrogens is 348 g/mol. The summed E-state index contributed by atoms with van der Waals surface area (Å²) in [5.41, 5.74) is 2.29. The molecule has 5 saturated carbocycles. The van der Waals surface area contributed by atoms with Crippen molar-refractivity contribution in [3.8, 4) is 0 Å². The highest BCUT2D eigenvalue weighted by molar-refractivity contribution is 5.92. The topological polar surface area (TPSA) is 54.4 Å². The van der Waals surface area contributed by atoms with Crippen LogP contribution in [0.2, 0.25) is 0 Å². The van der Waals surface area contributed by atoms with E-state index in [0.717, 1.165) is 54.8 Å². The maximum Gasteiger partial charge on any atom is 0.303 e. The number of aliphatic carboxylic acids is 1. The van der Waals surface area contributed by atoms with Crippen molar-refractivity contribution >= 4 is 11.8 Å². The molecule has 0 aromatic carbocycles. The van der Waals surface area contributed by atoms with Crippen LogP contribution in [0.25, 0.3) is 0 Å². The predicted molar refractivity (Wildman–Crippen MR) is 106 cm³/mol. The fraction of sp³-hybridized carbons (Fsp3) is 0.840. The number of carboxylic acid groups (broad SMARTS) is 1. The summed E-state index contributed by atoms with van der Waals surface area (Å²) in [5, 5.41) is 9.36. The van der Waals surface area contributed by atoms with Crippen molar-refractivity contribution in [3.05, 3.63) is 11.6 Å². The van der Waals surface area contributed by atoms with Crippen LogP contribution in [0.15, 0.2) is 11.6 Å². The second-order valence-corrected chi connectivity index (χ2v) is 12.0. The van der Waals surface area contributed by atoms with Crippen molar-refractivity contribution < 1.29 is 14.7 Å². The van der Waals surface area contributed by atoms with Crippen molar-refractivity contribution in [3.63, 3.8) is 0 Å². The lowest BCUT2D eigenvalue weighted by Crippen LogP contribution is -2.54. The van der Waals surface area contributed by atoms with Gasteiger partial charge in [0.25, 0.3) is 0 Å². The molecule has 1 N–H and O–H groups in total. The summed E-state index contributed by atoms with van der Waals surface area (Å²) < 4.78 is 0. The van der Waals surface area contributed by atoms with Crippen LogP contribution in [0, 0.1) is 57.7 Å². The van der Waals surface area contributed by atoms with Crippen molar-refractivity contribution in [2.45, 2.75) is 72.1 Å². The first kappa shape index (κ1) is 17.7. The van der Waals surface area contributed by atoms with E-state index in [1.165, 1.54) is 31.3 Å². The van der Waals surface area contributed by atoms with Crippen LogP contribution in [0.5, 0.6) is 0 Å². The predicted octanol–water partition coefficient (Wildman–Crippen LogP) is 5.10. The van der Waals surface area contributed by atoms with Crippen LogP contribution in [-0.4, -0.2) is 16.9 Å². The van der Waals surface area contributed by atoms with E-state index in [2.05, 4.69) is 26.8 Å². The van der Waals surface area contributed by atoms with Gasteiger partial charge in [0, 0.05) is 12.8 Å². The molecule has 5 fully saturated rings. The molecule has 6 rings (SSSR count). The molecule has 0 aliphatic heterocycles. The fourth-order valence-corrected chi connectivity index (χ4v) is 9.69. The standard InChI is InChI=1S/C25H34O3/c1-23-7-4-13(26)10-18(23)14-11-15(14)21-17(23)5-8-25(3)22(21)16-12-19(16)24(25,2)9-6-20(27)28/h10,14-17,19,21-22H,4-9,11-12H2,1-3H3,(H,27,28)/t14?,15?,16?,17?,19?,21?,22?,23-,24-,25+/m1/s1. The summed E-state index contributed by atoms with van der Waals surface area (Å²) >= 11 is 0. The Balaban J connectivity index is 1.38. The van der Waals surface area contributed by atoms with Gasteiger partial charge in [-0.25, -0.2) is 0 Å². The minimum atomic E-state index is -0.631. The van der Waals surface area contributed by atoms with Gasteiger partial charge in [-0.2, -0.15) is 0 Å². The molecule has 152 valence electrons. The van der Waals surface area contributed by atoms with Gasteiger partial charge in [0.15, 0.2) is 5.78 Å². The van der Waals surface area contributed by atoms with Gasteiger partial charge < -0.3 is 5.11 Å². The van der Waals surface area contributed by atoms with E-state index in [1.54, 1.807) is 0 Å². The molecular formula is C25H34O3. The van der Waals surface area contributed by atoms with Crippen molar-refractivity contribution in [2.75, 3.05) is 0 Å². The number of ketones is 1. The highest BCUT2D eigenvalue weighted by atomic mass is 16.4. The van der Waals surface area contributed by atoms with Crippen molar-refractivity contribution in [1.29, 1.82) is 0 Å². The molecule has 0 aromatic rings. The van der Waals surface area contributed by atoms with E-state index in [1.807, 2.05) is 0 Å². The Kier molecular flexibility index (Phi) is 3.25. The molecule has 0 heterocycles. The van der Waals surface area contributed by atoms with Gasteiger partial charge in [0.05, 0.1) is 0 Å². The van der Waals surface area contributed by atoms with Gasteiger partial charge in [-0.05, 0) is 102 Å². The Morgan fingerprint density at radius 3 is 2.68 bits per heavy atom. The summed E-state index contributed by atoms with van der Waals surface area (Å²) in [6, 6.07) is 0. The van der Waals surface area contributed by atoms with Gasteiger partial charge in [-0.1, -0.05) is 26.3 Å². The van der Waals surface area contributed by atoms with E-state index in [4.69, 9.17) is 0 Å². The zero-order valence-corrected chi connectivity index (χ0v) is 17.5. The number of allylic oxidation sites excluding steroid dienone is 1. The van der Waals surface area contributed by atoms with Crippen LogP contribution < -0.4 is 0 Å². The zero-order chi connectivity index (χ0) is 19.6. The van der Waals surface area contributed by atoms with E-state index in [-0.39, 0.29) is 10.8 Å². The van der Waals surface area contributed by atoms with Crippen LogP contribution in [0.4, 0.5) is 0 Å². The number of carboxylic acids is 1. The van der Waals surface area contributed by atoms with Crippen LogP contribution in [0.1, 0.15) is 72.1 Å². The number of fused-ring (bicyclic) bond motifs is 10. The van der Waals surface area contributed by atoms with Gasteiger partial charge in [-0.15, -0.1) is 0 Å². The van der Waals surface area contributed by atoms with Gasteiger partial charge in [-0.3, -0.25) is 9.59 Å². The average molecular weight is 383 g/mol. The second-order valence-electron chi connectivity index (χ2n) is 12.0. The minimum absolute atomic E-state index is 0.204. The van der Waals surface area contributed by atoms with Gasteiger partial charge in [0.2, 0.25) is 0 Å². The molecule has 0 radical (unpaired) electrons. The molecule has 10 atom stereocenters. The molecule has 0 spiro atoms. The van der Waals surface area contributed by atoms with Gasteiger partial charge in [0.1, 0.15) is 0 Å². The molecule has 3 heteroatoms. The smallest absolute Gasteiger partial charge is 0.303 e. The summed E-state index contributed by atoms with van der Waals surface area (Å²) in [7, 11) is 0. The van der Waals surface area contributed by atoms with Crippen LogP contribution in [0.3, 0.4) is 0 Å². The largest absolute Gasteiger partial charge is 0.481 e. The highest BCUT2D eigenvalue weighted by Gasteiger charge is 2.77. The lowest BCUT2D eigenvalue weighted by atomic mass is 9.44. The van der Waals surface area contributed by atoms with E-state index >= 15 is 0 Å². The zero-order valence-electron chi connectivity index (χ0n) is 17.5. The quantitative estimate of drug-likeness (QED) is 0.739. The molecule has 0 saturated heterocycles. The minimum Gasteiger partial charge on any atom is -0.481 e. The third kappa shape index (κ3) is 1.92. The molecule has 0 bridgehead atoms. The Morgan fingerprint density at radius 1 is 1.14 bits per heavy atom. The molecule has 7 unspecified atom stereocenters. The highest BCUT2D eigenvalue weighted by Crippen LogP contribution is 2.83. The first-order valence-corrected chi connectivity index (χ1v) is 11.7. The summed E-state index contributed by atoms with van der Waals surface area (Å²) in [6.07, 6.45) is 10.3. The monoisotopic (exact) mass is 382 g/mol. The van der Waals surface area contributed by atoms with E-state index in [9.17, 15) is 14.7 Å². The van der Waals surface area contributed by atoms with Crippen molar-refractivity contribution in [1.82, 2.24) is 0 Å². The average Bonchev–Trinajstić information content (AvgIpc) is 3.53. The number of carbonyl (C=O) groups excluding carboxylic acids is 1. The van der Waals surface area contributed by atoms with Crippen molar-refractivity contribution in [2.24, 2.45) is 57.7 Å². The Labute approximate surface area is 168 Å². The summed E-state index contributed by atoms with van der Waals surface area (Å²) in [5.74, 6) is 5.19. The second kappa shape index (κ2) is 5.13. The third-order valence-electron chi connectivity index (χ3n) is 11.3. The first-order valence-electron chi connectivity index (χ1n) is 11.7. The Hall–Kier alpha value is -1.12. The normalized spacial score (nSPS) is 57.9. The van der Waals surface area contributed by atoms with Crippen LogP contribution >= 0.6 is 0 Å². The summed E-state index contributed by atoms with van der Waals surface area (Å²) in [4.78, 5) is 23.5. The lowest BCUT2D eigenvalue weighted by molar-refractivity contribution is -0.140. The van der Waals surface area contributed by atoms with Crippen LogP contribution in [-0.2, 0) is 9.59 Å². The third-order valence-corrected chi connectivity index (χ3v) is 11.3. The number of hydrogen-bond donors (Lipinski definition) is 1. The lowest BCUT2D eigenvalue weighted by Gasteiger charge is -2.61. The fourth-order valence-electron chi connectivity index (χ4n) is 9.69. The Bertz CT molecular complexity index is 813. The van der Waals surface area contributed by atoms with Gasteiger partial charge >= 0.3 is 5.97 Å². The molecule has 0 amide bonds. The summed E-state index contributed by atoms with van der Waals surface area (Å²) in [6.45, 7) is 7.47. The molecule has 6 aliphatic rings. The number of rotatable bonds is 3.